The van der Waals surface area contributed by atoms with E-state index in [1.54, 1.807) is 13.0 Å². The summed E-state index contributed by atoms with van der Waals surface area (Å²) in [6, 6.07) is 11.6. The number of carbonyl (C=O) groups is 3. The number of rotatable bonds is 5. The average molecular weight is 394 g/mol. The molecule has 1 fully saturated rings. The summed E-state index contributed by atoms with van der Waals surface area (Å²) in [5.41, 5.74) is 7.01. The molecule has 0 aliphatic carbocycles. The topological polar surface area (TPSA) is 123 Å². The molecule has 2 aromatic carbocycles. The van der Waals surface area contributed by atoms with E-state index in [1.807, 2.05) is 24.3 Å². The maximum Gasteiger partial charge on any atom is 0.248 e. The lowest BCUT2D eigenvalue weighted by Crippen LogP contribution is -2.36. The fourth-order valence-electron chi connectivity index (χ4n) is 4.00. The number of fused-ring (bicyclic) bond motifs is 2. The zero-order chi connectivity index (χ0) is 20.6. The Morgan fingerprint density at radius 3 is 2.83 bits per heavy atom. The number of nitrogens with one attached hydrogen (secondary N) is 3. The maximum atomic E-state index is 12.9. The standard InChI is InChI=1S/C21H22N4O4/c1-2-29-17-9-12(18(22)26)7-8-15(17)24-19(27)16-10-21(11-23-16)13-5-3-4-6-14(13)25-20(21)28/h3-9,16,23H,2,10-11H2,1H3,(H2,22,26)(H,24,27)(H,25,28). The Morgan fingerprint density at radius 1 is 1.28 bits per heavy atom. The normalized spacial score (nSPS) is 22.2. The summed E-state index contributed by atoms with van der Waals surface area (Å²) in [6.45, 7) is 2.56. The van der Waals surface area contributed by atoms with Crippen LogP contribution in [0.25, 0.3) is 0 Å². The SMILES string of the molecule is CCOc1cc(C(N)=O)ccc1NC(=O)C1CC2(CN1)C(=O)Nc1ccccc12. The molecule has 0 saturated carbocycles. The van der Waals surface area contributed by atoms with Crippen molar-refractivity contribution in [2.45, 2.75) is 24.8 Å². The van der Waals surface area contributed by atoms with Gasteiger partial charge in [0.25, 0.3) is 0 Å². The van der Waals surface area contributed by atoms with Crippen molar-refractivity contribution >= 4 is 29.1 Å². The van der Waals surface area contributed by atoms with Gasteiger partial charge in [0.15, 0.2) is 0 Å². The smallest absolute Gasteiger partial charge is 0.248 e. The lowest BCUT2D eigenvalue weighted by molar-refractivity contribution is -0.120. The van der Waals surface area contributed by atoms with Crippen molar-refractivity contribution in [1.29, 1.82) is 0 Å². The highest BCUT2D eigenvalue weighted by atomic mass is 16.5. The number of primary amides is 1. The van der Waals surface area contributed by atoms with Crippen molar-refractivity contribution in [3.8, 4) is 5.75 Å². The predicted molar refractivity (Wildman–Crippen MR) is 108 cm³/mol. The molecule has 1 saturated heterocycles. The number of hydrogen-bond acceptors (Lipinski definition) is 5. The molecule has 4 rings (SSSR count). The van der Waals surface area contributed by atoms with E-state index in [1.165, 1.54) is 12.1 Å². The van der Waals surface area contributed by atoms with Crippen LogP contribution in [0.15, 0.2) is 42.5 Å². The van der Waals surface area contributed by atoms with Crippen molar-refractivity contribution < 1.29 is 19.1 Å². The second kappa shape index (κ2) is 7.21. The fraction of sp³-hybridized carbons (Fsp3) is 0.286. The summed E-state index contributed by atoms with van der Waals surface area (Å²) in [6.07, 6.45) is 0.352. The Morgan fingerprint density at radius 2 is 2.07 bits per heavy atom. The van der Waals surface area contributed by atoms with E-state index in [-0.39, 0.29) is 11.8 Å². The average Bonchev–Trinajstić information content (AvgIpc) is 3.27. The number of anilines is 2. The van der Waals surface area contributed by atoms with Crippen molar-refractivity contribution in [3.63, 3.8) is 0 Å². The second-order valence-electron chi connectivity index (χ2n) is 7.22. The van der Waals surface area contributed by atoms with E-state index < -0.39 is 17.4 Å². The minimum absolute atomic E-state index is 0.0951. The van der Waals surface area contributed by atoms with Crippen LogP contribution in [-0.4, -0.2) is 36.9 Å². The van der Waals surface area contributed by atoms with E-state index in [0.29, 0.717) is 36.6 Å². The quantitative estimate of drug-likeness (QED) is 0.610. The summed E-state index contributed by atoms with van der Waals surface area (Å²) in [4.78, 5) is 37.0. The molecule has 2 unspecified atom stereocenters. The Hall–Kier alpha value is -3.39. The van der Waals surface area contributed by atoms with Gasteiger partial charge in [-0.2, -0.15) is 0 Å². The Kier molecular flexibility index (Phi) is 4.71. The van der Waals surface area contributed by atoms with Gasteiger partial charge in [0.2, 0.25) is 17.7 Å². The van der Waals surface area contributed by atoms with Crippen molar-refractivity contribution in [2.24, 2.45) is 5.73 Å². The lowest BCUT2D eigenvalue weighted by Gasteiger charge is -2.20. The molecule has 1 spiro atoms. The van der Waals surface area contributed by atoms with E-state index in [9.17, 15) is 14.4 Å². The van der Waals surface area contributed by atoms with Crippen LogP contribution in [0.1, 0.15) is 29.3 Å². The van der Waals surface area contributed by atoms with Gasteiger partial charge in [0.1, 0.15) is 5.75 Å². The fourth-order valence-corrected chi connectivity index (χ4v) is 4.00. The van der Waals surface area contributed by atoms with Crippen molar-refractivity contribution in [2.75, 3.05) is 23.8 Å². The van der Waals surface area contributed by atoms with Gasteiger partial charge in [-0.15, -0.1) is 0 Å². The molecule has 2 heterocycles. The van der Waals surface area contributed by atoms with Crippen molar-refractivity contribution in [3.05, 3.63) is 53.6 Å². The second-order valence-corrected chi connectivity index (χ2v) is 7.22. The van der Waals surface area contributed by atoms with Gasteiger partial charge in [0.05, 0.1) is 23.8 Å². The first kappa shape index (κ1) is 18.9. The summed E-state index contributed by atoms with van der Waals surface area (Å²) in [5.74, 6) is -0.572. The zero-order valence-corrected chi connectivity index (χ0v) is 16.0. The van der Waals surface area contributed by atoms with Crippen LogP contribution in [-0.2, 0) is 15.0 Å². The van der Waals surface area contributed by atoms with Crippen molar-refractivity contribution in [1.82, 2.24) is 5.32 Å². The molecule has 2 aliphatic rings. The van der Waals surface area contributed by atoms with Gasteiger partial charge in [0, 0.05) is 17.8 Å². The molecule has 2 atom stereocenters. The summed E-state index contributed by atoms with van der Waals surface area (Å²) in [5, 5.41) is 8.92. The van der Waals surface area contributed by atoms with Crippen LogP contribution in [0.5, 0.6) is 5.75 Å². The van der Waals surface area contributed by atoms with Gasteiger partial charge in [-0.1, -0.05) is 18.2 Å². The molecule has 8 heteroatoms. The van der Waals surface area contributed by atoms with Crippen LogP contribution in [0.3, 0.4) is 0 Å². The van der Waals surface area contributed by atoms with Crippen LogP contribution >= 0.6 is 0 Å². The lowest BCUT2D eigenvalue weighted by atomic mass is 9.79. The van der Waals surface area contributed by atoms with Gasteiger partial charge in [-0.3, -0.25) is 14.4 Å². The first-order chi connectivity index (χ1) is 13.9. The third-order valence-electron chi connectivity index (χ3n) is 5.47. The monoisotopic (exact) mass is 394 g/mol. The number of benzene rings is 2. The molecule has 2 aliphatic heterocycles. The van der Waals surface area contributed by atoms with Crippen LogP contribution < -0.4 is 26.4 Å². The first-order valence-corrected chi connectivity index (χ1v) is 9.46. The molecule has 5 N–H and O–H groups in total. The molecule has 8 nitrogen and oxygen atoms in total. The minimum Gasteiger partial charge on any atom is -0.492 e. The molecule has 0 bridgehead atoms. The van der Waals surface area contributed by atoms with Gasteiger partial charge in [-0.05, 0) is 43.2 Å². The molecule has 3 amide bonds. The number of carbonyl (C=O) groups excluding carboxylic acids is 3. The first-order valence-electron chi connectivity index (χ1n) is 9.46. The highest BCUT2D eigenvalue weighted by Crippen LogP contribution is 2.43. The number of ether oxygens (including phenoxy) is 1. The highest BCUT2D eigenvalue weighted by molar-refractivity contribution is 6.08. The minimum atomic E-state index is -0.753. The molecular weight excluding hydrogens is 372 g/mol. The van der Waals surface area contributed by atoms with Gasteiger partial charge < -0.3 is 26.4 Å². The van der Waals surface area contributed by atoms with Crippen LogP contribution in [0, 0.1) is 0 Å². The molecule has 0 radical (unpaired) electrons. The molecule has 2 aromatic rings. The molecule has 150 valence electrons. The number of amides is 3. The summed E-state index contributed by atoms with van der Waals surface area (Å²) in [7, 11) is 0. The third kappa shape index (κ3) is 3.21. The Bertz CT molecular complexity index is 1010. The Labute approximate surface area is 167 Å². The Balaban J connectivity index is 1.54. The summed E-state index contributed by atoms with van der Waals surface area (Å²) >= 11 is 0. The molecular formula is C21H22N4O4. The zero-order valence-electron chi connectivity index (χ0n) is 16.0. The highest BCUT2D eigenvalue weighted by Gasteiger charge is 2.52. The molecule has 29 heavy (non-hydrogen) atoms. The number of nitrogens with two attached hydrogens (primary N) is 1. The molecule has 0 aromatic heterocycles. The van der Waals surface area contributed by atoms with Gasteiger partial charge in [-0.25, -0.2) is 0 Å². The van der Waals surface area contributed by atoms with Crippen LogP contribution in [0.4, 0.5) is 11.4 Å². The van der Waals surface area contributed by atoms with E-state index in [4.69, 9.17) is 10.5 Å². The largest absolute Gasteiger partial charge is 0.492 e. The van der Waals surface area contributed by atoms with E-state index >= 15 is 0 Å². The number of hydrogen-bond donors (Lipinski definition) is 4. The van der Waals surface area contributed by atoms with Gasteiger partial charge >= 0.3 is 0 Å². The predicted octanol–water partition coefficient (Wildman–Crippen LogP) is 1.37. The number of para-hydroxylation sites is 1. The van der Waals surface area contributed by atoms with Crippen LogP contribution in [0.2, 0.25) is 0 Å². The summed E-state index contributed by atoms with van der Waals surface area (Å²) < 4.78 is 5.54. The third-order valence-corrected chi connectivity index (χ3v) is 5.47. The maximum absolute atomic E-state index is 12.9. The van der Waals surface area contributed by atoms with E-state index in [0.717, 1.165) is 11.3 Å². The van der Waals surface area contributed by atoms with E-state index in [2.05, 4.69) is 16.0 Å².